The number of H-pyrrole nitrogens is 1. The van der Waals surface area contributed by atoms with Gasteiger partial charge in [0.25, 0.3) is 0 Å². The fraction of sp³-hybridized carbons (Fsp3) is 0.185. The van der Waals surface area contributed by atoms with Crippen LogP contribution in [0, 0.1) is 0 Å². The van der Waals surface area contributed by atoms with Gasteiger partial charge in [-0.3, -0.25) is 4.79 Å². The van der Waals surface area contributed by atoms with Crippen LogP contribution in [0.4, 0.5) is 17.3 Å². The Morgan fingerprint density at radius 1 is 1.08 bits per heavy atom. The molecule has 0 spiro atoms. The molecule has 36 heavy (non-hydrogen) atoms. The van der Waals surface area contributed by atoms with Gasteiger partial charge in [-0.2, -0.15) is 0 Å². The molecule has 9 heteroatoms. The van der Waals surface area contributed by atoms with Gasteiger partial charge in [0, 0.05) is 59.1 Å². The maximum Gasteiger partial charge on any atom is 0.349 e. The molecule has 0 atom stereocenters. The molecule has 6 rings (SSSR count). The van der Waals surface area contributed by atoms with E-state index in [2.05, 4.69) is 20.3 Å². The van der Waals surface area contributed by atoms with Crippen LogP contribution in [-0.4, -0.2) is 47.0 Å². The number of fused-ring (bicyclic) bond motifs is 2. The number of ether oxygens (including phenoxy) is 1. The molecule has 1 aliphatic heterocycles. The van der Waals surface area contributed by atoms with Crippen molar-refractivity contribution in [1.82, 2.24) is 15.0 Å². The lowest BCUT2D eigenvalue weighted by atomic mass is 10.1. The normalized spacial score (nSPS) is 13.9. The van der Waals surface area contributed by atoms with Crippen LogP contribution in [0.25, 0.3) is 33.1 Å². The molecule has 0 radical (unpaired) electrons. The third kappa shape index (κ3) is 3.89. The summed E-state index contributed by atoms with van der Waals surface area (Å²) in [5.41, 5.74) is 3.85. The predicted octanol–water partition coefficient (Wildman–Crippen LogP) is 4.51. The molecule has 2 N–H and O–H groups in total. The molecule has 1 aliphatic rings. The first-order chi connectivity index (χ1) is 17.6. The average Bonchev–Trinajstić information content (AvgIpc) is 3.32. The van der Waals surface area contributed by atoms with E-state index in [-0.39, 0.29) is 11.3 Å². The lowest BCUT2D eigenvalue weighted by Gasteiger charge is -2.30. The number of benzene rings is 2. The minimum Gasteiger partial charge on any atom is -0.422 e. The maximum atomic E-state index is 12.8. The Kier molecular flexibility index (Phi) is 5.46. The second-order valence-corrected chi connectivity index (χ2v) is 8.62. The van der Waals surface area contributed by atoms with E-state index < -0.39 is 5.63 Å². The van der Waals surface area contributed by atoms with Crippen molar-refractivity contribution in [2.24, 2.45) is 0 Å². The van der Waals surface area contributed by atoms with E-state index >= 15 is 0 Å². The van der Waals surface area contributed by atoms with Crippen LogP contribution >= 0.6 is 0 Å². The number of nitrogens with one attached hydrogen (secondary N) is 2. The van der Waals surface area contributed by atoms with Crippen LogP contribution in [0.3, 0.4) is 0 Å². The van der Waals surface area contributed by atoms with E-state index in [4.69, 9.17) is 9.15 Å². The molecular formula is C27H23N5O4. The molecule has 4 heterocycles. The van der Waals surface area contributed by atoms with Crippen LogP contribution in [0.5, 0.6) is 0 Å². The van der Waals surface area contributed by atoms with E-state index in [0.717, 1.165) is 22.2 Å². The fourth-order valence-corrected chi connectivity index (χ4v) is 4.67. The van der Waals surface area contributed by atoms with Gasteiger partial charge < -0.3 is 24.4 Å². The summed E-state index contributed by atoms with van der Waals surface area (Å²) in [7, 11) is 0. The van der Waals surface area contributed by atoms with Gasteiger partial charge in [-0.15, -0.1) is 0 Å². The Balaban J connectivity index is 1.38. The number of hydrogen-bond donors (Lipinski definition) is 2. The molecule has 0 amide bonds. The van der Waals surface area contributed by atoms with E-state index in [9.17, 15) is 9.59 Å². The van der Waals surface area contributed by atoms with E-state index in [1.165, 1.54) is 6.92 Å². The van der Waals surface area contributed by atoms with Gasteiger partial charge in [0.1, 0.15) is 11.1 Å². The molecule has 1 fully saturated rings. The smallest absolute Gasteiger partial charge is 0.349 e. The van der Waals surface area contributed by atoms with Crippen LogP contribution in [0.1, 0.15) is 17.3 Å². The van der Waals surface area contributed by atoms with Gasteiger partial charge in [0.05, 0.1) is 24.6 Å². The Morgan fingerprint density at radius 2 is 1.92 bits per heavy atom. The molecule has 180 valence electrons. The molecule has 1 saturated heterocycles. The highest BCUT2D eigenvalue weighted by Crippen LogP contribution is 2.33. The Bertz CT molecular complexity index is 1670. The standard InChI is InChI=1S/C27H23N5O4/c1-16(33)24-25(32-10-12-35-13-11-32)19-7-6-17(14-23(19)36-26(24)34)30-27-28-9-8-22(31-27)20-15-29-21-5-3-2-4-18(20)21/h2-9,14-15,29H,10-13H2,1H3,(H,28,30,31). The van der Waals surface area contributed by atoms with Crippen molar-refractivity contribution in [2.75, 3.05) is 36.5 Å². The molecule has 0 unspecified atom stereocenters. The summed E-state index contributed by atoms with van der Waals surface area (Å²) in [6, 6.07) is 15.3. The van der Waals surface area contributed by atoms with Crippen molar-refractivity contribution < 1.29 is 13.9 Å². The van der Waals surface area contributed by atoms with Gasteiger partial charge >= 0.3 is 5.63 Å². The van der Waals surface area contributed by atoms with E-state index in [0.29, 0.717) is 54.6 Å². The van der Waals surface area contributed by atoms with Crippen molar-refractivity contribution in [1.29, 1.82) is 0 Å². The summed E-state index contributed by atoms with van der Waals surface area (Å²) >= 11 is 0. The summed E-state index contributed by atoms with van der Waals surface area (Å²) in [4.78, 5) is 39.5. The number of ketones is 1. The Labute approximate surface area is 205 Å². The minimum absolute atomic E-state index is 0.0693. The largest absolute Gasteiger partial charge is 0.422 e. The highest BCUT2D eigenvalue weighted by atomic mass is 16.5. The van der Waals surface area contributed by atoms with Crippen molar-refractivity contribution >= 4 is 45.0 Å². The number of para-hydroxylation sites is 1. The second-order valence-electron chi connectivity index (χ2n) is 8.62. The van der Waals surface area contributed by atoms with Gasteiger partial charge in [-0.05, 0) is 31.2 Å². The van der Waals surface area contributed by atoms with Crippen molar-refractivity contribution in [2.45, 2.75) is 6.92 Å². The van der Waals surface area contributed by atoms with Crippen LogP contribution < -0.4 is 15.8 Å². The second kappa shape index (κ2) is 8.94. The molecule has 3 aromatic heterocycles. The topological polar surface area (TPSA) is 113 Å². The first-order valence-electron chi connectivity index (χ1n) is 11.7. The minimum atomic E-state index is -0.647. The summed E-state index contributed by atoms with van der Waals surface area (Å²) in [5.74, 6) is 0.0880. The molecule has 2 aromatic carbocycles. The van der Waals surface area contributed by atoms with Gasteiger partial charge in [0.15, 0.2) is 5.78 Å². The van der Waals surface area contributed by atoms with Crippen molar-refractivity contribution in [3.8, 4) is 11.3 Å². The molecule has 0 bridgehead atoms. The van der Waals surface area contributed by atoms with Crippen molar-refractivity contribution in [3.63, 3.8) is 0 Å². The molecule has 0 aliphatic carbocycles. The number of morpholine rings is 1. The SMILES string of the molecule is CC(=O)c1c(N2CCOCC2)c2ccc(Nc3nccc(-c4c[nH]c5ccccc45)n3)cc2oc1=O. The van der Waals surface area contributed by atoms with Crippen LogP contribution in [-0.2, 0) is 4.74 Å². The lowest BCUT2D eigenvalue weighted by molar-refractivity contribution is 0.101. The van der Waals surface area contributed by atoms with E-state index in [1.54, 1.807) is 12.3 Å². The molecular weight excluding hydrogens is 458 g/mol. The number of rotatable bonds is 5. The van der Waals surface area contributed by atoms with Crippen LogP contribution in [0.2, 0.25) is 0 Å². The number of carbonyl (C=O) groups excluding carboxylic acids is 1. The lowest BCUT2D eigenvalue weighted by Crippen LogP contribution is -2.38. The highest BCUT2D eigenvalue weighted by molar-refractivity contribution is 6.07. The molecule has 9 nitrogen and oxygen atoms in total. The first-order valence-corrected chi connectivity index (χ1v) is 11.7. The van der Waals surface area contributed by atoms with Gasteiger partial charge in [-0.25, -0.2) is 14.8 Å². The number of carbonyl (C=O) groups is 1. The molecule has 5 aromatic rings. The van der Waals surface area contributed by atoms with Crippen LogP contribution in [0.15, 0.2) is 70.1 Å². The zero-order valence-electron chi connectivity index (χ0n) is 19.6. The number of Topliss-reactive ketones (excluding diaryl/α,β-unsaturated/α-hetero) is 1. The zero-order chi connectivity index (χ0) is 24.6. The quantitative estimate of drug-likeness (QED) is 0.278. The van der Waals surface area contributed by atoms with E-state index in [1.807, 2.05) is 53.6 Å². The Morgan fingerprint density at radius 3 is 2.75 bits per heavy atom. The third-order valence-corrected chi connectivity index (χ3v) is 6.34. The van der Waals surface area contributed by atoms with Gasteiger partial charge in [-0.1, -0.05) is 18.2 Å². The first kappa shape index (κ1) is 22.0. The Hall–Kier alpha value is -4.50. The number of hydrogen-bond acceptors (Lipinski definition) is 8. The summed E-state index contributed by atoms with van der Waals surface area (Å²) in [5, 5.41) is 4.98. The number of anilines is 3. The van der Waals surface area contributed by atoms with Gasteiger partial charge in [0.2, 0.25) is 5.95 Å². The maximum absolute atomic E-state index is 12.8. The summed E-state index contributed by atoms with van der Waals surface area (Å²) < 4.78 is 11.0. The number of aromatic nitrogens is 3. The molecule has 0 saturated carbocycles. The summed E-state index contributed by atoms with van der Waals surface area (Å²) in [6.07, 6.45) is 3.63. The fourth-order valence-electron chi connectivity index (χ4n) is 4.67. The highest BCUT2D eigenvalue weighted by Gasteiger charge is 2.24. The predicted molar refractivity (Wildman–Crippen MR) is 138 cm³/mol. The van der Waals surface area contributed by atoms with Crippen molar-refractivity contribution in [3.05, 3.63) is 76.9 Å². The summed E-state index contributed by atoms with van der Waals surface area (Å²) in [6.45, 7) is 3.63. The number of nitrogens with zero attached hydrogens (tertiary/aromatic N) is 3. The number of aromatic amines is 1. The average molecular weight is 482 g/mol. The third-order valence-electron chi connectivity index (χ3n) is 6.34. The monoisotopic (exact) mass is 481 g/mol. The zero-order valence-corrected chi connectivity index (χ0v) is 19.6.